The van der Waals surface area contributed by atoms with E-state index >= 15 is 0 Å². The second kappa shape index (κ2) is 5.74. The van der Waals surface area contributed by atoms with Crippen LogP contribution in [-0.4, -0.2) is 44.5 Å². The molecule has 0 radical (unpaired) electrons. The number of piperidine rings is 1. The third kappa shape index (κ3) is 2.46. The number of rotatable bonds is 2. The Bertz CT molecular complexity index is 876. The van der Waals surface area contributed by atoms with Crippen molar-refractivity contribution in [1.82, 2.24) is 25.5 Å². The van der Waals surface area contributed by atoms with Crippen molar-refractivity contribution in [2.45, 2.75) is 32.6 Å². The van der Waals surface area contributed by atoms with Crippen molar-refractivity contribution in [2.24, 2.45) is 0 Å². The predicted octanol–water partition coefficient (Wildman–Crippen LogP) is 2.58. The van der Waals surface area contributed by atoms with Crippen LogP contribution in [0.4, 0.5) is 0 Å². The van der Waals surface area contributed by atoms with Gasteiger partial charge in [-0.3, -0.25) is 4.79 Å². The van der Waals surface area contributed by atoms with E-state index in [4.69, 9.17) is 4.42 Å². The Balaban J connectivity index is 1.53. The highest BCUT2D eigenvalue weighted by Gasteiger charge is 2.29. The normalized spacial score (nSPS) is 16.0. The molecule has 1 N–H and O–H groups in total. The Morgan fingerprint density at radius 3 is 2.79 bits per heavy atom. The smallest absolute Gasteiger partial charge is 0.289 e. The number of furan rings is 1. The van der Waals surface area contributed by atoms with Crippen molar-refractivity contribution in [3.05, 3.63) is 40.9 Å². The summed E-state index contributed by atoms with van der Waals surface area (Å²) in [6.45, 7) is 5.31. The summed E-state index contributed by atoms with van der Waals surface area (Å²) in [5, 5.41) is 15.2. The molecule has 0 aliphatic carbocycles. The molecule has 24 heavy (non-hydrogen) atoms. The molecular formula is C17H19N5O2. The van der Waals surface area contributed by atoms with Crippen LogP contribution in [0.3, 0.4) is 0 Å². The predicted molar refractivity (Wildman–Crippen MR) is 87.7 cm³/mol. The minimum atomic E-state index is -0.0343. The van der Waals surface area contributed by atoms with Gasteiger partial charge in [-0.2, -0.15) is 5.21 Å². The lowest BCUT2D eigenvalue weighted by atomic mass is 9.96. The van der Waals surface area contributed by atoms with Crippen LogP contribution in [0.1, 0.15) is 46.3 Å². The molecule has 2 aromatic heterocycles. The van der Waals surface area contributed by atoms with Crippen LogP contribution in [0.15, 0.2) is 22.6 Å². The van der Waals surface area contributed by atoms with E-state index in [0.29, 0.717) is 18.8 Å². The molecule has 1 aliphatic rings. The molecule has 1 amide bonds. The highest BCUT2D eigenvalue weighted by molar-refractivity contribution is 5.99. The first-order chi connectivity index (χ1) is 11.6. The summed E-state index contributed by atoms with van der Waals surface area (Å²) in [4.78, 5) is 14.7. The summed E-state index contributed by atoms with van der Waals surface area (Å²) in [5.74, 6) is 1.41. The number of carbonyl (C=O) groups is 1. The number of carbonyl (C=O) groups excluding carboxylic acids is 1. The topological polar surface area (TPSA) is 87.9 Å². The molecule has 3 aromatic rings. The number of nitrogens with one attached hydrogen (secondary N) is 1. The first-order valence-electron chi connectivity index (χ1n) is 8.16. The number of H-pyrrole nitrogens is 1. The summed E-state index contributed by atoms with van der Waals surface area (Å²) in [5.41, 5.74) is 2.81. The van der Waals surface area contributed by atoms with Gasteiger partial charge >= 0.3 is 0 Å². The van der Waals surface area contributed by atoms with E-state index in [1.807, 2.05) is 36.9 Å². The van der Waals surface area contributed by atoms with Crippen molar-refractivity contribution in [3.63, 3.8) is 0 Å². The lowest BCUT2D eigenvalue weighted by molar-refractivity contribution is 0.0680. The third-order valence-corrected chi connectivity index (χ3v) is 4.80. The molecule has 0 saturated carbocycles. The SMILES string of the molecule is Cc1ccc2c(C)c(C(=O)N3CCC(c4nn[nH]n4)CC3)oc2c1. The van der Waals surface area contributed by atoms with Gasteiger partial charge in [-0.05, 0) is 38.3 Å². The standard InChI is InChI=1S/C17H19N5O2/c1-10-3-4-13-11(2)15(24-14(13)9-10)17(23)22-7-5-12(6-8-22)16-18-20-21-19-16/h3-4,9,12H,5-8H2,1-2H3,(H,18,19,20,21). The van der Waals surface area contributed by atoms with Gasteiger partial charge in [0, 0.05) is 30.0 Å². The molecule has 0 atom stereocenters. The molecule has 124 valence electrons. The van der Waals surface area contributed by atoms with Crippen LogP contribution in [0.5, 0.6) is 0 Å². The average Bonchev–Trinajstić information content (AvgIpc) is 3.23. The lowest BCUT2D eigenvalue weighted by Gasteiger charge is -2.30. The number of aryl methyl sites for hydroxylation is 2. The molecule has 1 aliphatic heterocycles. The second-order valence-corrected chi connectivity index (χ2v) is 6.39. The molecule has 4 rings (SSSR count). The van der Waals surface area contributed by atoms with Crippen molar-refractivity contribution < 1.29 is 9.21 Å². The maximum absolute atomic E-state index is 12.9. The van der Waals surface area contributed by atoms with Crippen molar-refractivity contribution in [1.29, 1.82) is 0 Å². The van der Waals surface area contributed by atoms with Gasteiger partial charge in [0.05, 0.1) is 0 Å². The molecule has 7 heteroatoms. The van der Waals surface area contributed by atoms with Crippen LogP contribution in [0, 0.1) is 13.8 Å². The number of likely N-dealkylation sites (tertiary alicyclic amines) is 1. The summed E-state index contributed by atoms with van der Waals surface area (Å²) in [6.07, 6.45) is 1.67. The van der Waals surface area contributed by atoms with E-state index in [1.54, 1.807) is 0 Å². The van der Waals surface area contributed by atoms with Crippen LogP contribution in [-0.2, 0) is 0 Å². The molecule has 0 unspecified atom stereocenters. The fourth-order valence-electron chi connectivity index (χ4n) is 3.36. The zero-order chi connectivity index (χ0) is 16.7. The first-order valence-corrected chi connectivity index (χ1v) is 8.16. The number of tetrazole rings is 1. The average molecular weight is 325 g/mol. The summed E-state index contributed by atoms with van der Waals surface area (Å²) >= 11 is 0. The molecular weight excluding hydrogens is 306 g/mol. The molecule has 3 heterocycles. The zero-order valence-electron chi connectivity index (χ0n) is 13.7. The number of benzene rings is 1. The maximum Gasteiger partial charge on any atom is 0.289 e. The molecule has 1 aromatic carbocycles. The van der Waals surface area contributed by atoms with Gasteiger partial charge in [-0.15, -0.1) is 10.2 Å². The van der Waals surface area contributed by atoms with E-state index in [9.17, 15) is 4.79 Å². The van der Waals surface area contributed by atoms with E-state index in [1.165, 1.54) is 0 Å². The number of amides is 1. The Labute approximate surface area is 139 Å². The van der Waals surface area contributed by atoms with Crippen LogP contribution >= 0.6 is 0 Å². The summed E-state index contributed by atoms with van der Waals surface area (Å²) in [6, 6.07) is 6.03. The Morgan fingerprint density at radius 2 is 2.08 bits per heavy atom. The second-order valence-electron chi connectivity index (χ2n) is 6.39. The third-order valence-electron chi connectivity index (χ3n) is 4.80. The van der Waals surface area contributed by atoms with E-state index in [0.717, 1.165) is 40.8 Å². The highest BCUT2D eigenvalue weighted by Crippen LogP contribution is 2.30. The fourth-order valence-corrected chi connectivity index (χ4v) is 3.36. The fraction of sp³-hybridized carbons (Fsp3) is 0.412. The quantitative estimate of drug-likeness (QED) is 0.782. The maximum atomic E-state index is 12.9. The minimum Gasteiger partial charge on any atom is -0.451 e. The van der Waals surface area contributed by atoms with Gasteiger partial charge in [0.25, 0.3) is 5.91 Å². The summed E-state index contributed by atoms with van der Waals surface area (Å²) in [7, 11) is 0. The van der Waals surface area contributed by atoms with Gasteiger partial charge in [0.15, 0.2) is 11.6 Å². The number of fused-ring (bicyclic) bond motifs is 1. The van der Waals surface area contributed by atoms with Crippen molar-refractivity contribution in [3.8, 4) is 0 Å². The van der Waals surface area contributed by atoms with E-state index in [2.05, 4.69) is 20.6 Å². The molecule has 1 saturated heterocycles. The van der Waals surface area contributed by atoms with Gasteiger partial charge in [-0.25, -0.2) is 0 Å². The van der Waals surface area contributed by atoms with Gasteiger partial charge in [0.1, 0.15) is 5.58 Å². The first kappa shape index (κ1) is 14.9. The van der Waals surface area contributed by atoms with Crippen molar-refractivity contribution in [2.75, 3.05) is 13.1 Å². The Kier molecular flexibility index (Phi) is 3.55. The number of hydrogen-bond donors (Lipinski definition) is 1. The van der Waals surface area contributed by atoms with Crippen LogP contribution < -0.4 is 0 Å². The number of nitrogens with zero attached hydrogens (tertiary/aromatic N) is 4. The van der Waals surface area contributed by atoms with Gasteiger partial charge < -0.3 is 9.32 Å². The molecule has 0 spiro atoms. The highest BCUT2D eigenvalue weighted by atomic mass is 16.3. The largest absolute Gasteiger partial charge is 0.451 e. The Morgan fingerprint density at radius 1 is 1.29 bits per heavy atom. The number of aromatic amines is 1. The van der Waals surface area contributed by atoms with E-state index in [-0.39, 0.29) is 11.8 Å². The van der Waals surface area contributed by atoms with Crippen LogP contribution in [0.2, 0.25) is 0 Å². The van der Waals surface area contributed by atoms with Gasteiger partial charge in [0.2, 0.25) is 0 Å². The number of aromatic nitrogens is 4. The Hall–Kier alpha value is -2.70. The molecule has 7 nitrogen and oxygen atoms in total. The zero-order valence-corrected chi connectivity index (χ0v) is 13.7. The number of hydrogen-bond acceptors (Lipinski definition) is 5. The van der Waals surface area contributed by atoms with Crippen molar-refractivity contribution >= 4 is 16.9 Å². The summed E-state index contributed by atoms with van der Waals surface area (Å²) < 4.78 is 5.86. The monoisotopic (exact) mass is 325 g/mol. The lowest BCUT2D eigenvalue weighted by Crippen LogP contribution is -2.38. The minimum absolute atomic E-state index is 0.0343. The van der Waals surface area contributed by atoms with Gasteiger partial charge in [-0.1, -0.05) is 17.3 Å². The molecule has 1 fully saturated rings. The van der Waals surface area contributed by atoms with Crippen LogP contribution in [0.25, 0.3) is 11.0 Å². The molecule has 0 bridgehead atoms. The van der Waals surface area contributed by atoms with E-state index < -0.39 is 0 Å².